The van der Waals surface area contributed by atoms with E-state index in [-0.39, 0.29) is 23.9 Å². The van der Waals surface area contributed by atoms with Crippen LogP contribution in [-0.2, 0) is 6.42 Å². The highest BCUT2D eigenvalue weighted by atomic mass is 19.4. The summed E-state index contributed by atoms with van der Waals surface area (Å²) in [4.78, 5) is 12.5. The van der Waals surface area contributed by atoms with Crippen LogP contribution in [0.3, 0.4) is 0 Å². The van der Waals surface area contributed by atoms with Gasteiger partial charge in [0.2, 0.25) is 6.79 Å². The summed E-state index contributed by atoms with van der Waals surface area (Å²) in [6, 6.07) is 8.54. The van der Waals surface area contributed by atoms with Crippen molar-refractivity contribution in [3.63, 3.8) is 0 Å². The molecule has 0 radical (unpaired) electrons. The number of halogens is 3. The fraction of sp³-hybridized carbons (Fsp3) is 0.211. The minimum absolute atomic E-state index is 0.163. The van der Waals surface area contributed by atoms with E-state index < -0.39 is 6.36 Å². The lowest BCUT2D eigenvalue weighted by atomic mass is 9.96. The summed E-state index contributed by atoms with van der Waals surface area (Å²) in [6.45, 7) is 0.820. The molecule has 4 rings (SSSR count). The van der Waals surface area contributed by atoms with Crippen LogP contribution in [0.15, 0.2) is 42.5 Å². The molecule has 27 heavy (non-hydrogen) atoms. The fourth-order valence-electron chi connectivity index (χ4n) is 3.03. The van der Waals surface area contributed by atoms with Gasteiger partial charge in [-0.3, -0.25) is 4.79 Å². The van der Waals surface area contributed by atoms with Gasteiger partial charge < -0.3 is 19.5 Å². The van der Waals surface area contributed by atoms with E-state index in [1.807, 2.05) is 12.1 Å². The van der Waals surface area contributed by atoms with Crippen molar-refractivity contribution < 1.29 is 32.2 Å². The SMILES string of the molecule is O=C(/C=C1\NCCc2cc3c(cc21)OCO3)c1ccc(OC(F)(F)F)cc1. The number of fused-ring (bicyclic) bond motifs is 2. The minimum Gasteiger partial charge on any atom is -0.454 e. The maximum Gasteiger partial charge on any atom is 0.573 e. The van der Waals surface area contributed by atoms with Crippen LogP contribution in [0.4, 0.5) is 13.2 Å². The molecule has 0 spiro atoms. The Balaban J connectivity index is 1.58. The first-order valence-corrected chi connectivity index (χ1v) is 8.18. The first-order chi connectivity index (χ1) is 12.9. The number of rotatable bonds is 3. The molecule has 0 saturated carbocycles. The van der Waals surface area contributed by atoms with Crippen molar-refractivity contribution in [2.45, 2.75) is 12.8 Å². The molecule has 0 saturated heterocycles. The smallest absolute Gasteiger partial charge is 0.454 e. The van der Waals surface area contributed by atoms with E-state index in [1.165, 1.54) is 18.2 Å². The van der Waals surface area contributed by atoms with E-state index in [1.54, 1.807) is 0 Å². The van der Waals surface area contributed by atoms with Gasteiger partial charge in [-0.25, -0.2) is 0 Å². The van der Waals surface area contributed by atoms with E-state index in [0.717, 1.165) is 29.7 Å². The number of carbonyl (C=O) groups is 1. The van der Waals surface area contributed by atoms with E-state index in [9.17, 15) is 18.0 Å². The molecule has 140 valence electrons. The molecular weight excluding hydrogens is 363 g/mol. The van der Waals surface area contributed by atoms with Gasteiger partial charge >= 0.3 is 6.36 Å². The van der Waals surface area contributed by atoms with Gasteiger partial charge in [-0.15, -0.1) is 13.2 Å². The Hall–Kier alpha value is -3.16. The normalized spacial score (nSPS) is 16.6. The molecule has 0 aromatic heterocycles. The van der Waals surface area contributed by atoms with Crippen molar-refractivity contribution in [3.8, 4) is 17.2 Å². The summed E-state index contributed by atoms with van der Waals surface area (Å²) in [6.07, 6.45) is -2.56. The zero-order valence-corrected chi connectivity index (χ0v) is 13.9. The molecule has 2 aromatic rings. The van der Waals surface area contributed by atoms with Gasteiger partial charge in [-0.1, -0.05) is 0 Å². The van der Waals surface area contributed by atoms with Crippen molar-refractivity contribution >= 4 is 11.5 Å². The molecule has 2 heterocycles. The quantitative estimate of drug-likeness (QED) is 0.653. The summed E-state index contributed by atoms with van der Waals surface area (Å²) < 4.78 is 51.2. The average Bonchev–Trinajstić information content (AvgIpc) is 3.07. The summed E-state index contributed by atoms with van der Waals surface area (Å²) in [5, 5.41) is 3.18. The molecule has 0 aliphatic carbocycles. The zero-order chi connectivity index (χ0) is 19.0. The second-order valence-electron chi connectivity index (χ2n) is 6.03. The lowest BCUT2D eigenvalue weighted by molar-refractivity contribution is -0.274. The topological polar surface area (TPSA) is 56.8 Å². The molecule has 0 atom stereocenters. The number of benzene rings is 2. The minimum atomic E-state index is -4.77. The van der Waals surface area contributed by atoms with E-state index in [4.69, 9.17) is 9.47 Å². The maximum atomic E-state index is 12.5. The first kappa shape index (κ1) is 17.3. The number of alkyl halides is 3. The van der Waals surface area contributed by atoms with Gasteiger partial charge in [-0.05, 0) is 48.4 Å². The van der Waals surface area contributed by atoms with Gasteiger partial charge in [0.05, 0.1) is 0 Å². The Morgan fingerprint density at radius 2 is 1.81 bits per heavy atom. The standard InChI is InChI=1S/C19H14F3NO4/c20-19(21,22)27-13-3-1-11(2-4-13)16(24)9-15-14-8-18-17(25-10-26-18)7-12(14)5-6-23-15/h1-4,7-9,23H,5-6,10H2/b15-9-. The Bertz CT molecular complexity index is 920. The molecule has 5 nitrogen and oxygen atoms in total. The highest BCUT2D eigenvalue weighted by Gasteiger charge is 2.31. The monoisotopic (exact) mass is 377 g/mol. The Morgan fingerprint density at radius 1 is 1.11 bits per heavy atom. The van der Waals surface area contributed by atoms with Crippen LogP contribution in [0.1, 0.15) is 21.5 Å². The fourth-order valence-corrected chi connectivity index (χ4v) is 3.03. The lowest BCUT2D eigenvalue weighted by Gasteiger charge is -2.21. The van der Waals surface area contributed by atoms with Crippen LogP contribution in [-0.4, -0.2) is 25.5 Å². The largest absolute Gasteiger partial charge is 0.573 e. The zero-order valence-electron chi connectivity index (χ0n) is 13.9. The number of hydrogen-bond donors (Lipinski definition) is 1. The third kappa shape index (κ3) is 3.69. The molecule has 0 fully saturated rings. The molecule has 8 heteroatoms. The first-order valence-electron chi connectivity index (χ1n) is 8.18. The molecule has 1 N–H and O–H groups in total. The highest BCUT2D eigenvalue weighted by molar-refractivity contribution is 6.08. The van der Waals surface area contributed by atoms with Crippen molar-refractivity contribution in [1.82, 2.24) is 5.32 Å². The average molecular weight is 377 g/mol. The highest BCUT2D eigenvalue weighted by Crippen LogP contribution is 2.38. The third-order valence-corrected chi connectivity index (χ3v) is 4.25. The van der Waals surface area contributed by atoms with Crippen LogP contribution in [0.2, 0.25) is 0 Å². The van der Waals surface area contributed by atoms with Gasteiger partial charge in [-0.2, -0.15) is 0 Å². The molecule has 2 aliphatic heterocycles. The number of nitrogens with one attached hydrogen (secondary N) is 1. The van der Waals surface area contributed by atoms with Crippen molar-refractivity contribution in [3.05, 3.63) is 59.2 Å². The molecule has 2 aromatic carbocycles. The Kier molecular flexibility index (Phi) is 4.18. The number of ketones is 1. The summed E-state index contributed by atoms with van der Waals surface area (Å²) in [5.74, 6) is 0.591. The Labute approximate surface area is 152 Å². The van der Waals surface area contributed by atoms with E-state index in [0.29, 0.717) is 23.7 Å². The summed E-state index contributed by atoms with van der Waals surface area (Å²) >= 11 is 0. The van der Waals surface area contributed by atoms with Gasteiger partial charge in [0, 0.05) is 29.4 Å². The van der Waals surface area contributed by atoms with Crippen molar-refractivity contribution in [1.29, 1.82) is 0 Å². The summed E-state index contributed by atoms with van der Waals surface area (Å²) in [7, 11) is 0. The number of allylic oxidation sites excluding steroid dienone is 1. The third-order valence-electron chi connectivity index (χ3n) is 4.25. The molecule has 0 amide bonds. The van der Waals surface area contributed by atoms with E-state index >= 15 is 0 Å². The number of carbonyl (C=O) groups excluding carboxylic acids is 1. The van der Waals surface area contributed by atoms with Crippen molar-refractivity contribution in [2.24, 2.45) is 0 Å². The van der Waals surface area contributed by atoms with Crippen LogP contribution < -0.4 is 19.5 Å². The Morgan fingerprint density at radius 3 is 2.52 bits per heavy atom. The molecule has 2 aliphatic rings. The number of hydrogen-bond acceptors (Lipinski definition) is 5. The predicted octanol–water partition coefficient (Wildman–Crippen LogP) is 3.68. The van der Waals surface area contributed by atoms with Crippen LogP contribution in [0.25, 0.3) is 5.70 Å². The molecular formula is C19H14F3NO4. The maximum absolute atomic E-state index is 12.5. The number of ether oxygens (including phenoxy) is 3. The lowest BCUT2D eigenvalue weighted by Crippen LogP contribution is -2.23. The van der Waals surface area contributed by atoms with E-state index in [2.05, 4.69) is 10.1 Å². The second kappa shape index (κ2) is 6.53. The van der Waals surface area contributed by atoms with Crippen LogP contribution in [0.5, 0.6) is 17.2 Å². The molecule has 0 bridgehead atoms. The van der Waals surface area contributed by atoms with Gasteiger partial charge in [0.1, 0.15) is 5.75 Å². The predicted molar refractivity (Wildman–Crippen MR) is 89.7 cm³/mol. The van der Waals surface area contributed by atoms with Crippen LogP contribution >= 0.6 is 0 Å². The second-order valence-corrected chi connectivity index (χ2v) is 6.03. The molecule has 0 unspecified atom stereocenters. The van der Waals surface area contributed by atoms with Crippen molar-refractivity contribution in [2.75, 3.05) is 13.3 Å². The summed E-state index contributed by atoms with van der Waals surface area (Å²) in [5.41, 5.74) is 2.77. The van der Waals surface area contributed by atoms with Crippen LogP contribution in [0, 0.1) is 0 Å². The van der Waals surface area contributed by atoms with Gasteiger partial charge in [0.25, 0.3) is 0 Å². The van der Waals surface area contributed by atoms with Gasteiger partial charge in [0.15, 0.2) is 17.3 Å².